The van der Waals surface area contributed by atoms with Gasteiger partial charge in [-0.15, -0.1) is 0 Å². The first-order chi connectivity index (χ1) is 11.9. The van der Waals surface area contributed by atoms with E-state index in [2.05, 4.69) is 63.6 Å². The van der Waals surface area contributed by atoms with Gasteiger partial charge in [0.2, 0.25) is 5.88 Å². The van der Waals surface area contributed by atoms with Crippen molar-refractivity contribution in [1.29, 1.82) is 5.26 Å². The second kappa shape index (κ2) is 6.73. The van der Waals surface area contributed by atoms with Crippen LogP contribution in [-0.4, -0.2) is 10.8 Å². The van der Waals surface area contributed by atoms with Gasteiger partial charge in [0.25, 0.3) is 0 Å². The normalized spacial score (nSPS) is 11.2. The topological polar surface area (TPSA) is 54.2 Å². The van der Waals surface area contributed by atoms with E-state index in [1.54, 1.807) is 6.21 Å². The summed E-state index contributed by atoms with van der Waals surface area (Å²) in [6.45, 7) is 7.83. The zero-order chi connectivity index (χ0) is 18.1. The number of furan rings is 1. The summed E-state index contributed by atoms with van der Waals surface area (Å²) in [5.41, 5.74) is 5.64. The Morgan fingerprint density at radius 1 is 1.16 bits per heavy atom. The smallest absolute Gasteiger partial charge is 0.237 e. The van der Waals surface area contributed by atoms with Crippen molar-refractivity contribution in [3.05, 3.63) is 68.6 Å². The minimum Gasteiger partial charge on any atom is -0.442 e. The highest BCUT2D eigenvalue weighted by Crippen LogP contribution is 2.28. The summed E-state index contributed by atoms with van der Waals surface area (Å²) in [5, 5.41) is 9.29. The molecule has 0 saturated heterocycles. The summed E-state index contributed by atoms with van der Waals surface area (Å²) < 4.78 is 8.83. The average molecular weight is 396 g/mol. The monoisotopic (exact) mass is 395 g/mol. The van der Waals surface area contributed by atoms with Gasteiger partial charge in [-0.1, -0.05) is 15.9 Å². The van der Waals surface area contributed by atoms with E-state index in [1.807, 2.05) is 26.0 Å². The number of nitrogens with zero attached hydrogens (tertiary/aromatic N) is 3. The van der Waals surface area contributed by atoms with E-state index in [1.165, 1.54) is 0 Å². The number of nitriles is 1. The lowest BCUT2D eigenvalue weighted by Gasteiger charge is -2.09. The van der Waals surface area contributed by atoms with Crippen LogP contribution in [0.25, 0.3) is 5.69 Å². The van der Waals surface area contributed by atoms with E-state index in [0.717, 1.165) is 38.4 Å². The minimum absolute atomic E-state index is 0.367. The molecule has 0 unspecified atom stereocenters. The lowest BCUT2D eigenvalue weighted by atomic mass is 10.2. The molecule has 3 aromatic rings. The SMILES string of the molecule is Cc1oc(N=Cc2cc(C)n(-c3ccc(Br)cc3)c2C)c(C#N)c1C. The maximum absolute atomic E-state index is 9.29. The van der Waals surface area contributed by atoms with Crippen LogP contribution in [0.2, 0.25) is 0 Å². The number of hydrogen-bond donors (Lipinski definition) is 0. The maximum atomic E-state index is 9.29. The zero-order valence-electron chi connectivity index (χ0n) is 14.6. The largest absolute Gasteiger partial charge is 0.442 e. The van der Waals surface area contributed by atoms with Crippen LogP contribution in [0.15, 0.2) is 44.2 Å². The molecule has 5 heteroatoms. The highest BCUT2D eigenvalue weighted by atomic mass is 79.9. The minimum atomic E-state index is 0.367. The Morgan fingerprint density at radius 2 is 1.84 bits per heavy atom. The fraction of sp³-hybridized carbons (Fsp3) is 0.200. The first kappa shape index (κ1) is 17.2. The Morgan fingerprint density at radius 3 is 2.48 bits per heavy atom. The molecule has 0 fully saturated rings. The number of benzene rings is 1. The number of halogens is 1. The van der Waals surface area contributed by atoms with Gasteiger partial charge in [-0.3, -0.25) is 0 Å². The molecule has 0 bridgehead atoms. The molecule has 3 rings (SSSR count). The van der Waals surface area contributed by atoms with Gasteiger partial charge in [-0.2, -0.15) is 5.26 Å². The van der Waals surface area contributed by atoms with Gasteiger partial charge in [-0.05, 0) is 58.0 Å². The maximum Gasteiger partial charge on any atom is 0.237 e. The Bertz CT molecular complexity index is 1000. The fourth-order valence-electron chi connectivity index (χ4n) is 2.87. The summed E-state index contributed by atoms with van der Waals surface area (Å²) in [6, 6.07) is 12.4. The Labute approximate surface area is 155 Å². The van der Waals surface area contributed by atoms with Crippen molar-refractivity contribution in [2.24, 2.45) is 4.99 Å². The molecule has 0 aliphatic heterocycles. The molecule has 0 spiro atoms. The molecule has 2 aromatic heterocycles. The number of rotatable bonds is 3. The standard InChI is InChI=1S/C20H18BrN3O/c1-12-9-16(11-23-20-19(10-22)13(2)15(4)25-20)14(3)24(12)18-7-5-17(21)6-8-18/h5-9,11H,1-4H3. The zero-order valence-corrected chi connectivity index (χ0v) is 16.2. The van der Waals surface area contributed by atoms with Gasteiger partial charge in [0.05, 0.1) is 0 Å². The molecule has 2 heterocycles. The third-order valence-corrected chi connectivity index (χ3v) is 4.88. The molecule has 0 atom stereocenters. The molecule has 1 aromatic carbocycles. The molecule has 0 radical (unpaired) electrons. The first-order valence-electron chi connectivity index (χ1n) is 7.91. The molecule has 0 saturated carbocycles. The molecule has 0 amide bonds. The molecular formula is C20H18BrN3O. The predicted octanol–water partition coefficient (Wildman–Crippen LogP) is 5.69. The Hall–Kier alpha value is -2.58. The van der Waals surface area contributed by atoms with E-state index in [-0.39, 0.29) is 0 Å². The lowest BCUT2D eigenvalue weighted by Crippen LogP contribution is -1.99. The highest BCUT2D eigenvalue weighted by Gasteiger charge is 2.14. The van der Waals surface area contributed by atoms with Crippen LogP contribution in [0.1, 0.15) is 33.8 Å². The quantitative estimate of drug-likeness (QED) is 0.534. The third kappa shape index (κ3) is 3.18. The van der Waals surface area contributed by atoms with Crippen LogP contribution < -0.4 is 0 Å². The van der Waals surface area contributed by atoms with Crippen LogP contribution >= 0.6 is 15.9 Å². The van der Waals surface area contributed by atoms with Crippen LogP contribution in [0.4, 0.5) is 5.88 Å². The fourth-order valence-corrected chi connectivity index (χ4v) is 3.13. The summed E-state index contributed by atoms with van der Waals surface area (Å²) >= 11 is 3.47. The van der Waals surface area contributed by atoms with E-state index in [0.29, 0.717) is 11.4 Å². The van der Waals surface area contributed by atoms with Crippen LogP contribution in [0.5, 0.6) is 0 Å². The number of aromatic nitrogens is 1. The molecule has 0 aliphatic carbocycles. The molecule has 126 valence electrons. The van der Waals surface area contributed by atoms with Crippen molar-refractivity contribution in [2.75, 3.05) is 0 Å². The summed E-state index contributed by atoms with van der Waals surface area (Å²) in [4.78, 5) is 4.42. The van der Waals surface area contributed by atoms with Gasteiger partial charge < -0.3 is 8.98 Å². The number of hydrogen-bond acceptors (Lipinski definition) is 3. The molecule has 4 nitrogen and oxygen atoms in total. The lowest BCUT2D eigenvalue weighted by molar-refractivity contribution is 0.542. The second-order valence-electron chi connectivity index (χ2n) is 5.97. The van der Waals surface area contributed by atoms with Crippen molar-refractivity contribution in [2.45, 2.75) is 27.7 Å². The van der Waals surface area contributed by atoms with Crippen LogP contribution in [0, 0.1) is 39.0 Å². The first-order valence-corrected chi connectivity index (χ1v) is 8.70. The number of aliphatic imine (C=N–C) groups is 1. The summed E-state index contributed by atoms with van der Waals surface area (Å²) in [6.07, 6.45) is 1.76. The van der Waals surface area contributed by atoms with E-state index in [9.17, 15) is 5.26 Å². The van der Waals surface area contributed by atoms with Crippen LogP contribution in [-0.2, 0) is 0 Å². The number of aryl methyl sites for hydroxylation is 2. The third-order valence-electron chi connectivity index (χ3n) is 4.35. The van der Waals surface area contributed by atoms with E-state index >= 15 is 0 Å². The molecule has 0 aliphatic rings. The van der Waals surface area contributed by atoms with E-state index < -0.39 is 0 Å². The van der Waals surface area contributed by atoms with Crippen molar-refractivity contribution < 1.29 is 4.42 Å². The van der Waals surface area contributed by atoms with Gasteiger partial charge in [0.1, 0.15) is 17.4 Å². The van der Waals surface area contributed by atoms with E-state index in [4.69, 9.17) is 4.42 Å². The van der Waals surface area contributed by atoms with Gasteiger partial charge in [0, 0.05) is 38.9 Å². The Kier molecular flexibility index (Phi) is 4.65. The molecule has 0 N–H and O–H groups in total. The summed E-state index contributed by atoms with van der Waals surface area (Å²) in [7, 11) is 0. The molecule has 25 heavy (non-hydrogen) atoms. The van der Waals surface area contributed by atoms with Gasteiger partial charge >= 0.3 is 0 Å². The Balaban J connectivity index is 2.00. The second-order valence-corrected chi connectivity index (χ2v) is 6.89. The predicted molar refractivity (Wildman–Crippen MR) is 103 cm³/mol. The summed E-state index contributed by atoms with van der Waals surface area (Å²) in [5.74, 6) is 1.09. The van der Waals surface area contributed by atoms with Crippen molar-refractivity contribution >= 4 is 28.0 Å². The highest BCUT2D eigenvalue weighted by molar-refractivity contribution is 9.10. The van der Waals surface area contributed by atoms with Crippen molar-refractivity contribution in [3.8, 4) is 11.8 Å². The van der Waals surface area contributed by atoms with Crippen molar-refractivity contribution in [1.82, 2.24) is 4.57 Å². The van der Waals surface area contributed by atoms with Crippen molar-refractivity contribution in [3.63, 3.8) is 0 Å². The average Bonchev–Trinajstić information content (AvgIpc) is 3.02. The van der Waals surface area contributed by atoms with Gasteiger partial charge in [-0.25, -0.2) is 4.99 Å². The molecular weight excluding hydrogens is 378 g/mol. The van der Waals surface area contributed by atoms with Crippen LogP contribution in [0.3, 0.4) is 0 Å². The van der Waals surface area contributed by atoms with Gasteiger partial charge in [0.15, 0.2) is 0 Å².